The van der Waals surface area contributed by atoms with Crippen molar-refractivity contribution in [2.75, 3.05) is 6.54 Å². The maximum Gasteiger partial charge on any atom is 0.269 e. The number of nitro groups is 1. The fourth-order valence-electron chi connectivity index (χ4n) is 2.41. The third-order valence-electron chi connectivity index (χ3n) is 3.55. The Kier molecular flexibility index (Phi) is 4.19. The summed E-state index contributed by atoms with van der Waals surface area (Å²) in [4.78, 5) is 12.7. The van der Waals surface area contributed by atoms with Gasteiger partial charge in [-0.15, -0.1) is 0 Å². The van der Waals surface area contributed by atoms with Crippen molar-refractivity contribution < 1.29 is 4.92 Å². The van der Waals surface area contributed by atoms with E-state index in [4.69, 9.17) is 11.6 Å². The lowest BCUT2D eigenvalue weighted by Gasteiger charge is -2.33. The fourth-order valence-corrected chi connectivity index (χ4v) is 2.58. The van der Waals surface area contributed by atoms with E-state index in [2.05, 4.69) is 11.8 Å². The van der Waals surface area contributed by atoms with Crippen molar-refractivity contribution in [2.24, 2.45) is 0 Å². The highest BCUT2D eigenvalue weighted by Gasteiger charge is 2.20. The Morgan fingerprint density at radius 3 is 2.94 bits per heavy atom. The van der Waals surface area contributed by atoms with Gasteiger partial charge in [-0.25, -0.2) is 0 Å². The number of non-ortho nitro benzene ring substituents is 1. The van der Waals surface area contributed by atoms with E-state index in [9.17, 15) is 10.1 Å². The number of benzene rings is 1. The summed E-state index contributed by atoms with van der Waals surface area (Å²) in [6.45, 7) is 3.94. The molecule has 1 unspecified atom stereocenters. The standard InChI is InChI=1S/C13H17ClN2O2/c1-10-4-2-3-7-15(10)9-11-8-12(16(17)18)5-6-13(11)14/h5-6,8,10H,2-4,7,9H2,1H3. The van der Waals surface area contributed by atoms with Crippen molar-refractivity contribution in [3.63, 3.8) is 0 Å². The van der Waals surface area contributed by atoms with Crippen LogP contribution in [0.5, 0.6) is 0 Å². The van der Waals surface area contributed by atoms with E-state index in [0.29, 0.717) is 17.6 Å². The van der Waals surface area contributed by atoms with Gasteiger partial charge in [-0.05, 0) is 37.9 Å². The van der Waals surface area contributed by atoms with Gasteiger partial charge in [0.15, 0.2) is 0 Å². The monoisotopic (exact) mass is 268 g/mol. The molecule has 0 aromatic heterocycles. The normalized spacial score (nSPS) is 20.9. The van der Waals surface area contributed by atoms with Crippen LogP contribution in [0, 0.1) is 10.1 Å². The zero-order valence-electron chi connectivity index (χ0n) is 10.4. The van der Waals surface area contributed by atoms with Gasteiger partial charge in [0.25, 0.3) is 5.69 Å². The van der Waals surface area contributed by atoms with Gasteiger partial charge in [0.05, 0.1) is 4.92 Å². The minimum absolute atomic E-state index is 0.110. The molecule has 1 atom stereocenters. The number of nitrogens with zero attached hydrogens (tertiary/aromatic N) is 2. The third kappa shape index (κ3) is 3.00. The molecule has 0 saturated carbocycles. The Hall–Kier alpha value is -1.13. The first-order valence-electron chi connectivity index (χ1n) is 6.25. The summed E-state index contributed by atoms with van der Waals surface area (Å²) in [6.07, 6.45) is 3.64. The molecule has 0 N–H and O–H groups in total. The van der Waals surface area contributed by atoms with Crippen molar-refractivity contribution >= 4 is 17.3 Å². The molecule has 1 fully saturated rings. The molecular formula is C13H17ClN2O2. The summed E-state index contributed by atoms with van der Waals surface area (Å²) >= 11 is 6.12. The summed E-state index contributed by atoms with van der Waals surface area (Å²) in [5, 5.41) is 11.4. The Morgan fingerprint density at radius 1 is 1.50 bits per heavy atom. The zero-order chi connectivity index (χ0) is 13.1. The molecule has 98 valence electrons. The SMILES string of the molecule is CC1CCCCN1Cc1cc([N+](=O)[O-])ccc1Cl. The van der Waals surface area contributed by atoms with Gasteiger partial charge in [-0.1, -0.05) is 18.0 Å². The second-order valence-electron chi connectivity index (χ2n) is 4.85. The third-order valence-corrected chi connectivity index (χ3v) is 3.92. The van der Waals surface area contributed by atoms with Gasteiger partial charge in [0.1, 0.15) is 0 Å². The first-order valence-corrected chi connectivity index (χ1v) is 6.62. The highest BCUT2D eigenvalue weighted by Crippen LogP contribution is 2.26. The van der Waals surface area contributed by atoms with Crippen LogP contribution in [0.25, 0.3) is 0 Å². The molecule has 1 saturated heterocycles. The number of likely N-dealkylation sites (tertiary alicyclic amines) is 1. The van der Waals surface area contributed by atoms with Gasteiger partial charge in [0.2, 0.25) is 0 Å². The van der Waals surface area contributed by atoms with Crippen LogP contribution < -0.4 is 0 Å². The minimum atomic E-state index is -0.376. The molecule has 1 aliphatic heterocycles. The summed E-state index contributed by atoms with van der Waals surface area (Å²) in [7, 11) is 0. The molecule has 0 spiro atoms. The minimum Gasteiger partial charge on any atom is -0.296 e. The topological polar surface area (TPSA) is 46.4 Å². The first kappa shape index (κ1) is 13.3. The molecule has 1 aliphatic rings. The van der Waals surface area contributed by atoms with Gasteiger partial charge in [-0.3, -0.25) is 15.0 Å². The molecule has 0 bridgehead atoms. The molecule has 0 radical (unpaired) electrons. The van der Waals surface area contributed by atoms with Crippen molar-refractivity contribution in [3.8, 4) is 0 Å². The average Bonchev–Trinajstić information content (AvgIpc) is 2.34. The first-order chi connectivity index (χ1) is 8.58. The van der Waals surface area contributed by atoms with Crippen molar-refractivity contribution in [1.29, 1.82) is 0 Å². The smallest absolute Gasteiger partial charge is 0.269 e. The predicted octanol–water partition coefficient (Wildman–Crippen LogP) is 3.62. The number of nitro benzene ring substituents is 1. The molecule has 0 aliphatic carbocycles. The fraction of sp³-hybridized carbons (Fsp3) is 0.538. The molecule has 0 amide bonds. The van der Waals surface area contributed by atoms with Crippen LogP contribution in [-0.2, 0) is 6.54 Å². The number of hydrogen-bond acceptors (Lipinski definition) is 3. The van der Waals surface area contributed by atoms with Gasteiger partial charge in [-0.2, -0.15) is 0 Å². The van der Waals surface area contributed by atoms with E-state index >= 15 is 0 Å². The lowest BCUT2D eigenvalue weighted by atomic mass is 10.0. The van der Waals surface area contributed by atoms with Crippen LogP contribution in [0.3, 0.4) is 0 Å². The highest BCUT2D eigenvalue weighted by atomic mass is 35.5. The van der Waals surface area contributed by atoms with Crippen LogP contribution in [0.2, 0.25) is 5.02 Å². The molecule has 2 rings (SSSR count). The average molecular weight is 269 g/mol. The molecule has 1 aromatic carbocycles. The van der Waals surface area contributed by atoms with Crippen LogP contribution >= 0.6 is 11.6 Å². The Morgan fingerprint density at radius 2 is 2.28 bits per heavy atom. The Labute approximate surface area is 112 Å². The van der Waals surface area contributed by atoms with Crippen LogP contribution in [0.1, 0.15) is 31.7 Å². The second-order valence-corrected chi connectivity index (χ2v) is 5.26. The maximum absolute atomic E-state index is 10.8. The zero-order valence-corrected chi connectivity index (χ0v) is 11.2. The van der Waals surface area contributed by atoms with Crippen LogP contribution in [0.4, 0.5) is 5.69 Å². The summed E-state index contributed by atoms with van der Waals surface area (Å²) in [5.41, 5.74) is 0.957. The Balaban J connectivity index is 2.17. The quantitative estimate of drug-likeness (QED) is 0.621. The van der Waals surface area contributed by atoms with Gasteiger partial charge in [0, 0.05) is 29.7 Å². The molecule has 5 heteroatoms. The largest absolute Gasteiger partial charge is 0.296 e. The summed E-state index contributed by atoms with van der Waals surface area (Å²) in [5.74, 6) is 0. The number of hydrogen-bond donors (Lipinski definition) is 0. The van der Waals surface area contributed by atoms with Crippen LogP contribution in [0.15, 0.2) is 18.2 Å². The maximum atomic E-state index is 10.8. The predicted molar refractivity (Wildman–Crippen MR) is 71.8 cm³/mol. The number of rotatable bonds is 3. The molecule has 1 aromatic rings. The van der Waals surface area contributed by atoms with E-state index in [1.807, 2.05) is 0 Å². The van der Waals surface area contributed by atoms with Crippen LogP contribution in [-0.4, -0.2) is 22.4 Å². The molecular weight excluding hydrogens is 252 g/mol. The van der Waals surface area contributed by atoms with E-state index < -0.39 is 0 Å². The molecule has 4 nitrogen and oxygen atoms in total. The van der Waals surface area contributed by atoms with Crippen molar-refractivity contribution in [3.05, 3.63) is 38.9 Å². The van der Waals surface area contributed by atoms with E-state index in [-0.39, 0.29) is 10.6 Å². The summed E-state index contributed by atoms with van der Waals surface area (Å²) in [6, 6.07) is 5.17. The van der Waals surface area contributed by atoms with Crippen molar-refractivity contribution in [1.82, 2.24) is 4.90 Å². The van der Waals surface area contributed by atoms with E-state index in [1.54, 1.807) is 12.1 Å². The van der Waals surface area contributed by atoms with E-state index in [1.165, 1.54) is 25.3 Å². The van der Waals surface area contributed by atoms with E-state index in [0.717, 1.165) is 12.1 Å². The summed E-state index contributed by atoms with van der Waals surface area (Å²) < 4.78 is 0. The molecule has 1 heterocycles. The lowest BCUT2D eigenvalue weighted by Crippen LogP contribution is -2.36. The Bertz CT molecular complexity index is 451. The highest BCUT2D eigenvalue weighted by molar-refractivity contribution is 6.31. The lowest BCUT2D eigenvalue weighted by molar-refractivity contribution is -0.384. The molecule has 18 heavy (non-hydrogen) atoms. The van der Waals surface area contributed by atoms with Crippen molar-refractivity contribution in [2.45, 2.75) is 38.8 Å². The number of piperidine rings is 1. The second kappa shape index (κ2) is 5.67. The van der Waals surface area contributed by atoms with Gasteiger partial charge >= 0.3 is 0 Å². The van der Waals surface area contributed by atoms with Gasteiger partial charge < -0.3 is 0 Å². The number of halogens is 1.